The Morgan fingerprint density at radius 2 is 0.532 bits per heavy atom. The van der Waals surface area contributed by atoms with Crippen LogP contribution in [0.4, 0.5) is 0 Å². The molecule has 0 spiro atoms. The van der Waals surface area contributed by atoms with Crippen molar-refractivity contribution in [2.45, 2.75) is 54.4 Å². The van der Waals surface area contributed by atoms with E-state index in [0.29, 0.717) is 0 Å². The second kappa shape index (κ2) is 121. The zero-order chi connectivity index (χ0) is 19.6. The zero-order valence-electron chi connectivity index (χ0n) is 29.4. The van der Waals surface area contributed by atoms with Crippen molar-refractivity contribution in [1.82, 2.24) is 0 Å². The van der Waals surface area contributed by atoms with Gasteiger partial charge in [-0.25, -0.2) is 0 Å². The number of benzene rings is 3. The standard InChI is InChI=1S/C20H15.3C2H6.21Y/c1-3-8-17(9-4-1)14-19-12-7-13-20(16-19)15-18-10-5-2-6-11-18;3*1-2;;;;;;;;;;;;;;;;;;;;;/h1-8,10,12-13H,14-15H2;3*1-2H3;;;;;;;;;;;;;;;;;;;;;/q-3;;;;;;;;;;;;;;;;;;;;;;;;+3. The molecule has 3 aromatic carbocycles. The van der Waals surface area contributed by atoms with E-state index in [-0.39, 0.29) is 687 Å². The van der Waals surface area contributed by atoms with Crippen molar-refractivity contribution >= 4 is 0 Å². The second-order valence-electron chi connectivity index (χ2n) is 4.83. The smallest absolute Gasteiger partial charge is 0.180 e. The van der Waals surface area contributed by atoms with Crippen molar-refractivity contribution in [3.63, 3.8) is 0 Å². The summed E-state index contributed by atoms with van der Waals surface area (Å²) in [5.74, 6) is 0. The number of hydrogen-bond donors (Lipinski definition) is 0. The molecule has 0 heterocycles. The zero-order valence-corrected chi connectivity index (χ0v) is 89.0. The van der Waals surface area contributed by atoms with E-state index in [0.717, 1.165) is 12.8 Å². The summed E-state index contributed by atoms with van der Waals surface area (Å²) in [5, 5.41) is 0. The van der Waals surface area contributed by atoms with Crippen LogP contribution < -0.4 is 0 Å². The predicted octanol–water partition coefficient (Wildman–Crippen LogP) is 7.29. The van der Waals surface area contributed by atoms with Crippen LogP contribution in [0.25, 0.3) is 0 Å². The van der Waals surface area contributed by atoms with E-state index in [1.54, 1.807) is 0 Å². The molecule has 0 saturated heterocycles. The Morgan fingerprint density at radius 3 is 0.723 bits per heavy atom. The van der Waals surface area contributed by atoms with Crippen molar-refractivity contribution in [3.05, 3.63) is 107 Å². The molecule has 0 nitrogen and oxygen atoms in total. The Morgan fingerprint density at radius 1 is 0.319 bits per heavy atom. The molecule has 200 valence electrons. The fourth-order valence-corrected chi connectivity index (χ4v) is 2.27. The molecule has 0 aliphatic heterocycles. The summed E-state index contributed by atoms with van der Waals surface area (Å²) in [7, 11) is 0. The summed E-state index contributed by atoms with van der Waals surface area (Å²) < 4.78 is 0. The molecule has 0 N–H and O–H groups in total. The number of hydrogen-bond acceptors (Lipinski definition) is 0. The van der Waals surface area contributed by atoms with E-state index < -0.39 is 0 Å². The summed E-state index contributed by atoms with van der Waals surface area (Å²) in [4.78, 5) is 0. The molecular weight excluding hydrogens is 2180 g/mol. The van der Waals surface area contributed by atoms with E-state index >= 15 is 0 Å². The van der Waals surface area contributed by atoms with Crippen molar-refractivity contribution in [1.29, 1.82) is 0 Å². The van der Waals surface area contributed by atoms with Crippen LogP contribution in [0.15, 0.2) is 66.7 Å². The van der Waals surface area contributed by atoms with Crippen LogP contribution in [0.3, 0.4) is 0 Å². The van der Waals surface area contributed by atoms with Crippen LogP contribution in [0.2, 0.25) is 0 Å². The van der Waals surface area contributed by atoms with Crippen molar-refractivity contribution in [3.8, 4) is 0 Å². The van der Waals surface area contributed by atoms with Gasteiger partial charge in [0.05, 0.1) is 0 Å². The summed E-state index contributed by atoms with van der Waals surface area (Å²) in [6.07, 6.45) is 1.76. The van der Waals surface area contributed by atoms with Crippen molar-refractivity contribution in [2.24, 2.45) is 0 Å². The SMILES string of the molecule is CC.CC.CC.[Y+3].[Y].[Y].[Y].[Y].[Y].[Y].[Y].[Y].[Y].[Y].[Y].[Y].[Y].[Y].[Y].[Y].[Y].[Y].[Y].[Y].[c-]1ccccc1Cc1[c-]c(Cc2[c-]cccc2)ccc1. The van der Waals surface area contributed by atoms with Crippen molar-refractivity contribution < 1.29 is 687 Å². The normalized spacial score (nSPS) is 4.81. The predicted molar refractivity (Wildman–Crippen MR) is 115 cm³/mol. The molecule has 47 heavy (non-hydrogen) atoms. The Labute approximate surface area is 821 Å². The molecule has 0 amide bonds. The van der Waals surface area contributed by atoms with Crippen LogP contribution in [0.1, 0.15) is 63.8 Å². The molecule has 0 atom stereocenters. The number of rotatable bonds is 4. The average Bonchev–Trinajstić information content (AvgIpc) is 2.74. The first-order chi connectivity index (χ1) is 12.9. The third-order valence-electron chi connectivity index (χ3n) is 3.22. The van der Waals surface area contributed by atoms with Gasteiger partial charge in [0.15, 0.2) is 0 Å². The minimum Gasteiger partial charge on any atom is -0.180 e. The van der Waals surface area contributed by atoms with Crippen LogP contribution >= 0.6 is 0 Å². The Bertz CT molecular complexity index is 644. The third kappa shape index (κ3) is 93.4. The molecular formula is C26H33Y21. The van der Waals surface area contributed by atoms with Gasteiger partial charge < -0.3 is 0 Å². The maximum atomic E-state index is 3.50. The molecule has 0 aromatic heterocycles. The van der Waals surface area contributed by atoms with Gasteiger partial charge in [0.25, 0.3) is 0 Å². The fraction of sp³-hybridized carbons (Fsp3) is 0.308. The minimum absolute atomic E-state index is 0. The van der Waals surface area contributed by atoms with Crippen LogP contribution in [0.5, 0.6) is 0 Å². The first-order valence-corrected chi connectivity index (χ1v) is 9.81. The molecule has 0 aliphatic rings. The molecule has 0 aliphatic carbocycles. The van der Waals surface area contributed by atoms with Crippen LogP contribution in [-0.2, 0) is 700 Å². The van der Waals surface area contributed by atoms with Gasteiger partial charge in [0.2, 0.25) is 0 Å². The second-order valence-corrected chi connectivity index (χ2v) is 4.83. The average molecular weight is 2210 g/mol. The monoisotopic (exact) mass is 2210 g/mol. The maximum absolute atomic E-state index is 3.50. The Hall–Kier alpha value is 20.8. The molecule has 3 rings (SSSR count). The van der Waals surface area contributed by atoms with Crippen molar-refractivity contribution in [2.75, 3.05) is 0 Å². The van der Waals surface area contributed by atoms with Gasteiger partial charge in [-0.1, -0.05) is 41.5 Å². The quantitative estimate of drug-likeness (QED) is 0.241. The maximum Gasteiger partial charge on any atom is 3.00 e. The van der Waals surface area contributed by atoms with Gasteiger partial charge in [-0.05, 0) is 12.8 Å². The van der Waals surface area contributed by atoms with E-state index in [9.17, 15) is 0 Å². The Kier molecular flexibility index (Phi) is 373. The minimum atomic E-state index is 0. The first-order valence-electron chi connectivity index (χ1n) is 9.81. The third-order valence-corrected chi connectivity index (χ3v) is 3.22. The summed E-state index contributed by atoms with van der Waals surface area (Å²) in [6, 6.07) is 32.6. The van der Waals surface area contributed by atoms with Gasteiger partial charge in [-0.3, -0.25) is 0 Å². The molecule has 0 unspecified atom stereocenters. The van der Waals surface area contributed by atoms with Gasteiger partial charge in [-0.2, -0.15) is 107 Å². The van der Waals surface area contributed by atoms with Crippen LogP contribution in [-0.4, -0.2) is 0 Å². The topological polar surface area (TPSA) is 0 Å². The van der Waals surface area contributed by atoms with E-state index in [1.165, 1.54) is 22.3 Å². The molecule has 20 radical (unpaired) electrons. The molecule has 0 bridgehead atoms. The summed E-state index contributed by atoms with van der Waals surface area (Å²) in [6.45, 7) is 12.0. The summed E-state index contributed by atoms with van der Waals surface area (Å²) >= 11 is 0. The van der Waals surface area contributed by atoms with Crippen LogP contribution in [0, 0.1) is 18.2 Å². The van der Waals surface area contributed by atoms with Gasteiger partial charge >= 0.3 is 32.7 Å². The summed E-state index contributed by atoms with van der Waals surface area (Å²) in [5.41, 5.74) is 4.82. The van der Waals surface area contributed by atoms with E-state index in [1.807, 2.05) is 65.8 Å². The molecule has 0 saturated carbocycles. The fourth-order valence-electron chi connectivity index (χ4n) is 2.27. The van der Waals surface area contributed by atoms with E-state index in [2.05, 4.69) is 60.7 Å². The van der Waals surface area contributed by atoms with E-state index in [4.69, 9.17) is 0 Å². The largest absolute Gasteiger partial charge is 3.00 e. The van der Waals surface area contributed by atoms with Gasteiger partial charge in [0, 0.05) is 654 Å². The van der Waals surface area contributed by atoms with Gasteiger partial charge in [0.1, 0.15) is 0 Å². The Balaban J connectivity index is -0.0000000110. The molecule has 3 aromatic rings. The van der Waals surface area contributed by atoms with Gasteiger partial charge in [-0.15, -0.1) is 0 Å². The molecule has 21 heteroatoms. The molecule has 0 fully saturated rings. The first kappa shape index (κ1) is 144.